The van der Waals surface area contributed by atoms with Crippen molar-refractivity contribution < 1.29 is 17.7 Å². The van der Waals surface area contributed by atoms with E-state index in [0.29, 0.717) is 28.8 Å². The molecule has 0 aliphatic rings. The van der Waals surface area contributed by atoms with Crippen LogP contribution in [-0.2, 0) is 16.7 Å². The van der Waals surface area contributed by atoms with Crippen molar-refractivity contribution in [3.05, 3.63) is 84.7 Å². The number of hydrogen-bond acceptors (Lipinski definition) is 7. The summed E-state index contributed by atoms with van der Waals surface area (Å²) in [6, 6.07) is 18.5. The van der Waals surface area contributed by atoms with Gasteiger partial charge < -0.3 is 10.5 Å². The molecule has 1 heterocycles. The van der Waals surface area contributed by atoms with Gasteiger partial charge >= 0.3 is 29.6 Å². The molecule has 0 radical (unpaired) electrons. The summed E-state index contributed by atoms with van der Waals surface area (Å²) in [5, 5.41) is 9.12. The predicted molar refractivity (Wildman–Crippen MR) is 125 cm³/mol. The van der Waals surface area contributed by atoms with Crippen molar-refractivity contribution in [2.45, 2.75) is 11.5 Å². The van der Waals surface area contributed by atoms with Crippen LogP contribution in [0.3, 0.4) is 0 Å². The van der Waals surface area contributed by atoms with Crippen molar-refractivity contribution in [2.24, 2.45) is 10.2 Å². The summed E-state index contributed by atoms with van der Waals surface area (Å²) >= 11 is 0. The third-order valence-electron chi connectivity index (χ3n) is 4.58. The number of ether oxygens (including phenoxy) is 1. The Labute approximate surface area is 207 Å². The van der Waals surface area contributed by atoms with Crippen LogP contribution in [0.15, 0.2) is 94.2 Å². The summed E-state index contributed by atoms with van der Waals surface area (Å²) in [6.45, 7) is 0.320. The molecule has 3 aromatic carbocycles. The van der Waals surface area contributed by atoms with Crippen molar-refractivity contribution in [1.82, 2.24) is 4.98 Å². The Hall–Kier alpha value is -2.82. The molecular weight excluding hydrogens is 439 g/mol. The maximum absolute atomic E-state index is 11.9. The van der Waals surface area contributed by atoms with E-state index in [9.17, 15) is 13.0 Å². The van der Waals surface area contributed by atoms with Gasteiger partial charge in [0, 0.05) is 23.2 Å². The average Bonchev–Trinajstić information content (AvgIpc) is 2.78. The fraction of sp³-hybridized carbons (Fsp3) is 0.0455. The van der Waals surface area contributed by atoms with Gasteiger partial charge in [-0.15, -0.1) is 10.2 Å². The summed E-state index contributed by atoms with van der Waals surface area (Å²) < 4.78 is 39.2. The van der Waals surface area contributed by atoms with Crippen LogP contribution in [0.1, 0.15) is 5.56 Å². The molecule has 0 saturated carbocycles. The number of benzene rings is 3. The molecule has 10 heteroatoms. The van der Waals surface area contributed by atoms with E-state index < -0.39 is 10.1 Å². The van der Waals surface area contributed by atoms with E-state index in [1.807, 2.05) is 18.2 Å². The third-order valence-corrected chi connectivity index (χ3v) is 5.47. The van der Waals surface area contributed by atoms with E-state index in [2.05, 4.69) is 15.2 Å². The SMILES string of the molecule is Nc1c(/N=N/c2ccccc2OCc2ccncc2)cc(S(=O)(=O)O)c2ccccc12.[NaH]. The van der Waals surface area contributed by atoms with Gasteiger partial charge in [0.15, 0.2) is 0 Å². The van der Waals surface area contributed by atoms with Gasteiger partial charge in [-0.2, -0.15) is 8.42 Å². The van der Waals surface area contributed by atoms with E-state index in [1.165, 1.54) is 6.07 Å². The van der Waals surface area contributed by atoms with Crippen LogP contribution in [0.4, 0.5) is 17.1 Å². The number of fused-ring (bicyclic) bond motifs is 1. The molecule has 0 amide bonds. The van der Waals surface area contributed by atoms with Crippen LogP contribution < -0.4 is 10.5 Å². The summed E-state index contributed by atoms with van der Waals surface area (Å²) in [7, 11) is -4.49. The molecule has 158 valence electrons. The van der Waals surface area contributed by atoms with Crippen LogP contribution in [0.2, 0.25) is 0 Å². The number of rotatable bonds is 6. The number of anilines is 1. The number of aromatic nitrogens is 1. The molecule has 0 unspecified atom stereocenters. The number of hydrogen-bond donors (Lipinski definition) is 2. The molecule has 0 bridgehead atoms. The van der Waals surface area contributed by atoms with Gasteiger partial charge in [0.25, 0.3) is 10.1 Å². The second kappa shape index (κ2) is 10.2. The fourth-order valence-electron chi connectivity index (χ4n) is 3.06. The Morgan fingerprint density at radius 3 is 2.25 bits per heavy atom. The Morgan fingerprint density at radius 1 is 0.906 bits per heavy atom. The second-order valence-electron chi connectivity index (χ2n) is 6.64. The molecule has 0 aliphatic carbocycles. The van der Waals surface area contributed by atoms with Crippen LogP contribution in [-0.4, -0.2) is 47.5 Å². The topological polar surface area (TPSA) is 127 Å². The average molecular weight is 458 g/mol. The second-order valence-corrected chi connectivity index (χ2v) is 8.03. The van der Waals surface area contributed by atoms with Crippen molar-refractivity contribution in [1.29, 1.82) is 0 Å². The Balaban J connectivity index is 0.00000289. The Kier molecular flexibility index (Phi) is 7.60. The van der Waals surface area contributed by atoms with E-state index in [1.54, 1.807) is 54.9 Å². The number of pyridine rings is 1. The van der Waals surface area contributed by atoms with Crippen molar-refractivity contribution in [3.8, 4) is 5.75 Å². The molecular formula is C22H19N4NaO4S. The van der Waals surface area contributed by atoms with Crippen LogP contribution >= 0.6 is 0 Å². The van der Waals surface area contributed by atoms with Crippen molar-refractivity contribution >= 4 is 67.5 Å². The van der Waals surface area contributed by atoms with Gasteiger partial charge in [0.1, 0.15) is 28.6 Å². The first-order valence-electron chi connectivity index (χ1n) is 9.24. The number of nitrogen functional groups attached to an aromatic ring is 1. The third kappa shape index (κ3) is 5.32. The van der Waals surface area contributed by atoms with Crippen LogP contribution in [0.25, 0.3) is 10.8 Å². The summed E-state index contributed by atoms with van der Waals surface area (Å²) in [4.78, 5) is 3.69. The molecule has 1 aromatic heterocycles. The van der Waals surface area contributed by atoms with E-state index in [0.717, 1.165) is 5.56 Å². The molecule has 0 fully saturated rings. The van der Waals surface area contributed by atoms with Crippen molar-refractivity contribution in [3.63, 3.8) is 0 Å². The van der Waals surface area contributed by atoms with Gasteiger partial charge in [0.05, 0.1) is 5.69 Å². The van der Waals surface area contributed by atoms with E-state index in [4.69, 9.17) is 10.5 Å². The quantitative estimate of drug-likeness (QED) is 0.191. The van der Waals surface area contributed by atoms with E-state index >= 15 is 0 Å². The molecule has 0 aliphatic heterocycles. The molecule has 32 heavy (non-hydrogen) atoms. The first-order valence-corrected chi connectivity index (χ1v) is 10.7. The van der Waals surface area contributed by atoms with Crippen LogP contribution in [0.5, 0.6) is 5.75 Å². The zero-order valence-corrected chi connectivity index (χ0v) is 17.0. The zero-order valence-electron chi connectivity index (χ0n) is 16.2. The molecule has 4 rings (SSSR count). The summed E-state index contributed by atoms with van der Waals surface area (Å²) in [5.74, 6) is 0.498. The van der Waals surface area contributed by atoms with Crippen LogP contribution in [0, 0.1) is 0 Å². The summed E-state index contributed by atoms with van der Waals surface area (Å²) in [5.41, 5.74) is 7.96. The molecule has 0 saturated heterocycles. The normalized spacial score (nSPS) is 11.4. The first kappa shape index (κ1) is 23.8. The Bertz CT molecular complexity index is 1380. The first-order chi connectivity index (χ1) is 14.9. The van der Waals surface area contributed by atoms with Gasteiger partial charge in [-0.3, -0.25) is 9.54 Å². The van der Waals surface area contributed by atoms with Crippen molar-refractivity contribution in [2.75, 3.05) is 5.73 Å². The van der Waals surface area contributed by atoms with Gasteiger partial charge in [-0.1, -0.05) is 36.4 Å². The standard InChI is InChI=1S/C22H18N4O4S.Na.H/c23-22-17-6-2-1-5-16(17)21(31(27,28)29)13-19(22)26-25-18-7-3-4-8-20(18)30-14-15-9-11-24-12-10-15;;/h1-13H,14,23H2,(H,27,28,29);;/b26-25+;;. The number of nitrogens with two attached hydrogens (primary N) is 1. The monoisotopic (exact) mass is 458 g/mol. The molecule has 4 aromatic rings. The van der Waals surface area contributed by atoms with Gasteiger partial charge in [-0.25, -0.2) is 0 Å². The zero-order chi connectivity index (χ0) is 21.8. The van der Waals surface area contributed by atoms with Gasteiger partial charge in [0.2, 0.25) is 0 Å². The van der Waals surface area contributed by atoms with E-state index in [-0.39, 0.29) is 45.8 Å². The molecule has 0 spiro atoms. The number of azo groups is 1. The minimum atomic E-state index is -4.49. The maximum atomic E-state index is 11.9. The Morgan fingerprint density at radius 2 is 1.53 bits per heavy atom. The summed E-state index contributed by atoms with van der Waals surface area (Å²) in [6.07, 6.45) is 3.36. The predicted octanol–water partition coefficient (Wildman–Crippen LogP) is 4.41. The molecule has 8 nitrogen and oxygen atoms in total. The number of para-hydroxylation sites is 1. The molecule has 3 N–H and O–H groups in total. The van der Waals surface area contributed by atoms with Gasteiger partial charge in [-0.05, 0) is 35.9 Å². The number of nitrogens with zero attached hydrogens (tertiary/aromatic N) is 3. The minimum absolute atomic E-state index is 0. The molecule has 0 atom stereocenters. The fourth-order valence-corrected chi connectivity index (χ4v) is 3.77.